The van der Waals surface area contributed by atoms with Crippen LogP contribution in [0.3, 0.4) is 0 Å². The fourth-order valence-electron chi connectivity index (χ4n) is 5.69. The molecule has 6 rings (SSSR count). The molecular formula is C31H36F3N5O2S. The van der Waals surface area contributed by atoms with Crippen LogP contribution in [0.1, 0.15) is 18.4 Å². The Balaban J connectivity index is 0.000000451. The summed E-state index contributed by atoms with van der Waals surface area (Å²) < 4.78 is 31.7. The standard InChI is InChI=1S/C29H35N5S.C2HF3O2/c1-32-13-5-7-23(19-32)21-34-16-14-33(15-17-34)20-22-6-4-8-24(18-22)27-11-12-28(35-27)29-30-25-9-2-3-10-26(25)31-29;3-2(4,5)1(6)7/h2-4,6,8-12,18,23H,5,7,13-17,19-21H2,1H3,(H,30,31);(H,6,7). The number of H-pyrrole nitrogens is 1. The van der Waals surface area contributed by atoms with E-state index < -0.39 is 12.1 Å². The number of imidazole rings is 1. The molecule has 0 amide bonds. The van der Waals surface area contributed by atoms with E-state index in [1.807, 2.05) is 23.5 Å². The van der Waals surface area contributed by atoms with Crippen molar-refractivity contribution in [3.63, 3.8) is 0 Å². The van der Waals surface area contributed by atoms with Crippen molar-refractivity contribution < 1.29 is 23.1 Å². The number of para-hydroxylation sites is 2. The van der Waals surface area contributed by atoms with Crippen LogP contribution in [-0.2, 0) is 11.3 Å². The monoisotopic (exact) mass is 599 g/mol. The predicted molar refractivity (Wildman–Crippen MR) is 160 cm³/mol. The molecule has 7 nitrogen and oxygen atoms in total. The number of benzene rings is 2. The summed E-state index contributed by atoms with van der Waals surface area (Å²) in [5.41, 5.74) is 4.81. The maximum atomic E-state index is 10.6. The Labute approximate surface area is 247 Å². The third-order valence-electron chi connectivity index (χ3n) is 7.79. The Morgan fingerprint density at radius 1 is 1.00 bits per heavy atom. The van der Waals surface area contributed by atoms with Crippen molar-refractivity contribution in [3.05, 3.63) is 66.2 Å². The van der Waals surface area contributed by atoms with Crippen LogP contribution in [0.25, 0.3) is 32.2 Å². The molecule has 2 N–H and O–H groups in total. The molecule has 1 unspecified atom stereocenters. The number of fused-ring (bicyclic) bond motifs is 1. The number of carboxylic acids is 1. The van der Waals surface area contributed by atoms with Gasteiger partial charge in [-0.3, -0.25) is 4.90 Å². The number of likely N-dealkylation sites (tertiary alicyclic amines) is 1. The molecule has 4 heterocycles. The maximum Gasteiger partial charge on any atom is 0.490 e. The Hall–Kier alpha value is -3.25. The van der Waals surface area contributed by atoms with Crippen LogP contribution >= 0.6 is 11.3 Å². The molecule has 0 spiro atoms. The zero-order chi connectivity index (χ0) is 29.7. The number of nitrogens with one attached hydrogen (secondary N) is 1. The van der Waals surface area contributed by atoms with Crippen LogP contribution < -0.4 is 0 Å². The van der Waals surface area contributed by atoms with Crippen LogP contribution in [0.15, 0.2) is 60.7 Å². The van der Waals surface area contributed by atoms with Gasteiger partial charge in [-0.25, -0.2) is 9.78 Å². The van der Waals surface area contributed by atoms with Crippen LogP contribution in [0.5, 0.6) is 0 Å². The summed E-state index contributed by atoms with van der Waals surface area (Å²) in [7, 11) is 2.27. The lowest BCUT2D eigenvalue weighted by Gasteiger charge is -2.38. The van der Waals surface area contributed by atoms with E-state index in [9.17, 15) is 13.2 Å². The number of piperazine rings is 1. The number of hydrogen-bond acceptors (Lipinski definition) is 6. The van der Waals surface area contributed by atoms with E-state index in [2.05, 4.69) is 75.3 Å². The minimum Gasteiger partial charge on any atom is -0.475 e. The Bertz CT molecular complexity index is 1450. The van der Waals surface area contributed by atoms with Crippen molar-refractivity contribution in [3.8, 4) is 21.1 Å². The number of alkyl halides is 3. The lowest BCUT2D eigenvalue weighted by molar-refractivity contribution is -0.192. The SMILES string of the molecule is CN1CCCC(CN2CCN(Cc3cccc(-c4ccc(-c5nc6ccccc6[nH]5)s4)c3)CC2)C1.O=C(O)C(F)(F)F. The van der Waals surface area contributed by atoms with Gasteiger partial charge in [0.25, 0.3) is 0 Å². The molecule has 42 heavy (non-hydrogen) atoms. The number of hydrogen-bond donors (Lipinski definition) is 2. The third-order valence-corrected chi connectivity index (χ3v) is 8.93. The second-order valence-corrected chi connectivity index (χ2v) is 12.2. The minimum absolute atomic E-state index is 0.854. The summed E-state index contributed by atoms with van der Waals surface area (Å²) in [5, 5.41) is 7.12. The number of aliphatic carboxylic acids is 1. The second-order valence-electron chi connectivity index (χ2n) is 11.1. The number of nitrogens with zero attached hydrogens (tertiary/aromatic N) is 4. The fourth-order valence-corrected chi connectivity index (χ4v) is 6.64. The van der Waals surface area contributed by atoms with Gasteiger partial charge in [-0.05, 0) is 73.8 Å². The van der Waals surface area contributed by atoms with Crippen LogP contribution in [0.4, 0.5) is 13.2 Å². The van der Waals surface area contributed by atoms with Crippen LogP contribution in [0.2, 0.25) is 0 Å². The molecule has 0 aliphatic carbocycles. The van der Waals surface area contributed by atoms with Gasteiger partial charge in [-0.15, -0.1) is 11.3 Å². The molecule has 2 aromatic heterocycles. The smallest absolute Gasteiger partial charge is 0.475 e. The normalized spacial score (nSPS) is 19.0. The van der Waals surface area contributed by atoms with E-state index in [0.29, 0.717) is 0 Å². The van der Waals surface area contributed by atoms with E-state index in [4.69, 9.17) is 14.9 Å². The molecule has 0 saturated carbocycles. The number of thiophene rings is 1. The molecule has 0 radical (unpaired) electrons. The number of aromatic nitrogens is 2. The molecular weight excluding hydrogens is 563 g/mol. The van der Waals surface area contributed by atoms with E-state index in [1.165, 1.54) is 79.5 Å². The van der Waals surface area contributed by atoms with Crippen LogP contribution in [0, 0.1) is 5.92 Å². The highest BCUT2D eigenvalue weighted by Gasteiger charge is 2.38. The quantitative estimate of drug-likeness (QED) is 0.281. The third kappa shape index (κ3) is 7.97. The van der Waals surface area contributed by atoms with Crippen molar-refractivity contribution in [2.75, 3.05) is 52.9 Å². The van der Waals surface area contributed by atoms with Crippen molar-refractivity contribution in [1.29, 1.82) is 0 Å². The van der Waals surface area contributed by atoms with E-state index in [0.717, 1.165) is 29.3 Å². The second kappa shape index (κ2) is 13.4. The average molecular weight is 600 g/mol. The van der Waals surface area contributed by atoms with Gasteiger partial charge in [0.1, 0.15) is 5.82 Å². The largest absolute Gasteiger partial charge is 0.490 e. The molecule has 2 aliphatic heterocycles. The molecule has 11 heteroatoms. The maximum absolute atomic E-state index is 10.6. The van der Waals surface area contributed by atoms with Crippen molar-refractivity contribution in [2.45, 2.75) is 25.6 Å². The van der Waals surface area contributed by atoms with Gasteiger partial charge >= 0.3 is 12.1 Å². The first kappa shape index (κ1) is 30.2. The predicted octanol–water partition coefficient (Wildman–Crippen LogP) is 6.05. The minimum atomic E-state index is -5.08. The lowest BCUT2D eigenvalue weighted by Crippen LogP contribution is -2.48. The highest BCUT2D eigenvalue weighted by Crippen LogP contribution is 2.34. The average Bonchev–Trinajstić information content (AvgIpc) is 3.62. The number of rotatable bonds is 6. The summed E-state index contributed by atoms with van der Waals surface area (Å²) in [6.07, 6.45) is -2.32. The van der Waals surface area contributed by atoms with Crippen molar-refractivity contribution in [2.24, 2.45) is 5.92 Å². The summed E-state index contributed by atoms with van der Waals surface area (Å²) in [6, 6.07) is 21.7. The van der Waals surface area contributed by atoms with E-state index in [1.54, 1.807) is 0 Å². The molecule has 0 bridgehead atoms. The van der Waals surface area contributed by atoms with E-state index >= 15 is 0 Å². The van der Waals surface area contributed by atoms with Crippen molar-refractivity contribution in [1.82, 2.24) is 24.7 Å². The summed E-state index contributed by atoms with van der Waals surface area (Å²) in [6.45, 7) is 9.60. The molecule has 2 aliphatic rings. The van der Waals surface area contributed by atoms with Gasteiger partial charge in [-0.1, -0.05) is 30.3 Å². The zero-order valence-corrected chi connectivity index (χ0v) is 24.4. The van der Waals surface area contributed by atoms with Gasteiger partial charge in [0, 0.05) is 50.7 Å². The Morgan fingerprint density at radius 3 is 2.43 bits per heavy atom. The highest BCUT2D eigenvalue weighted by molar-refractivity contribution is 7.18. The molecule has 4 aromatic rings. The summed E-state index contributed by atoms with van der Waals surface area (Å²) in [4.78, 5) is 27.4. The molecule has 224 valence electrons. The van der Waals surface area contributed by atoms with E-state index in [-0.39, 0.29) is 0 Å². The van der Waals surface area contributed by atoms with Gasteiger partial charge < -0.3 is 19.9 Å². The molecule has 2 saturated heterocycles. The van der Waals surface area contributed by atoms with Gasteiger partial charge in [0.05, 0.1) is 15.9 Å². The number of aromatic amines is 1. The molecule has 2 aromatic carbocycles. The van der Waals surface area contributed by atoms with Crippen molar-refractivity contribution >= 4 is 28.3 Å². The van der Waals surface area contributed by atoms with Gasteiger partial charge in [0.15, 0.2) is 0 Å². The number of piperidine rings is 1. The zero-order valence-electron chi connectivity index (χ0n) is 23.6. The summed E-state index contributed by atoms with van der Waals surface area (Å²) >= 11 is 1.81. The number of carboxylic acid groups (broad SMARTS) is 1. The first-order valence-corrected chi connectivity index (χ1v) is 15.0. The van der Waals surface area contributed by atoms with Crippen LogP contribution in [-0.4, -0.2) is 94.8 Å². The highest BCUT2D eigenvalue weighted by atomic mass is 32.1. The lowest BCUT2D eigenvalue weighted by atomic mass is 9.97. The fraction of sp³-hybridized carbons (Fsp3) is 0.419. The first-order chi connectivity index (χ1) is 20.1. The van der Waals surface area contributed by atoms with Gasteiger partial charge in [0.2, 0.25) is 0 Å². The Morgan fingerprint density at radius 2 is 1.71 bits per heavy atom. The Kier molecular flexibility index (Phi) is 9.62. The van der Waals surface area contributed by atoms with Gasteiger partial charge in [-0.2, -0.15) is 13.2 Å². The molecule has 2 fully saturated rings. The number of halogens is 3. The molecule has 1 atom stereocenters. The topological polar surface area (TPSA) is 75.7 Å². The number of carbonyl (C=O) groups is 1. The summed E-state index contributed by atoms with van der Waals surface area (Å²) in [5.74, 6) is -0.948. The first-order valence-electron chi connectivity index (χ1n) is 14.2.